The minimum Gasteiger partial charge on any atom is -0.445 e. The molecule has 1 aliphatic rings. The number of rotatable bonds is 5. The Morgan fingerprint density at radius 3 is 2.75 bits per heavy atom. The van der Waals surface area contributed by atoms with E-state index in [0.717, 1.165) is 28.7 Å². The third-order valence-corrected chi connectivity index (χ3v) is 5.58. The highest BCUT2D eigenvalue weighted by Crippen LogP contribution is 2.42. The van der Waals surface area contributed by atoms with E-state index >= 15 is 0 Å². The standard InChI is InChI=1S/C22H18Cl2N2O2/c23-19-8-4-7-17(21(19)24)15-9-16(12-25-11-15)18-10-20(18)26-22(27)28-13-14-5-2-1-3-6-14/h1-9,11-12,18,20H,10,13H2,(H,26,27)/t18?,20-/m1/s1. The highest BCUT2D eigenvalue weighted by Gasteiger charge is 2.40. The number of alkyl carbamates (subject to hydrolysis) is 1. The van der Waals surface area contributed by atoms with Crippen molar-refractivity contribution in [1.29, 1.82) is 0 Å². The molecule has 0 radical (unpaired) electrons. The lowest BCUT2D eigenvalue weighted by atomic mass is 10.0. The van der Waals surface area contributed by atoms with Crippen molar-refractivity contribution >= 4 is 29.3 Å². The van der Waals surface area contributed by atoms with Crippen LogP contribution in [0, 0.1) is 0 Å². The summed E-state index contributed by atoms with van der Waals surface area (Å²) in [6, 6.07) is 17.2. The van der Waals surface area contributed by atoms with Gasteiger partial charge < -0.3 is 10.1 Å². The van der Waals surface area contributed by atoms with Crippen LogP contribution in [-0.4, -0.2) is 17.1 Å². The van der Waals surface area contributed by atoms with E-state index in [0.29, 0.717) is 10.0 Å². The van der Waals surface area contributed by atoms with Gasteiger partial charge in [0.15, 0.2) is 0 Å². The molecule has 28 heavy (non-hydrogen) atoms. The number of halogens is 2. The Bertz CT molecular complexity index is 995. The zero-order chi connectivity index (χ0) is 19.5. The molecule has 1 saturated carbocycles. The summed E-state index contributed by atoms with van der Waals surface area (Å²) in [5, 5.41) is 3.94. The highest BCUT2D eigenvalue weighted by atomic mass is 35.5. The second kappa shape index (κ2) is 8.21. The van der Waals surface area contributed by atoms with E-state index in [4.69, 9.17) is 27.9 Å². The van der Waals surface area contributed by atoms with Crippen molar-refractivity contribution in [2.24, 2.45) is 0 Å². The number of benzene rings is 2. The Balaban J connectivity index is 1.37. The Kier molecular flexibility index (Phi) is 5.51. The summed E-state index contributed by atoms with van der Waals surface area (Å²) in [6.07, 6.45) is 4.04. The third kappa shape index (κ3) is 4.29. The monoisotopic (exact) mass is 412 g/mol. The van der Waals surface area contributed by atoms with Crippen LogP contribution >= 0.6 is 23.2 Å². The van der Waals surface area contributed by atoms with Crippen LogP contribution in [0.2, 0.25) is 10.0 Å². The van der Waals surface area contributed by atoms with Crippen molar-refractivity contribution in [3.8, 4) is 11.1 Å². The summed E-state index contributed by atoms with van der Waals surface area (Å²) in [6.45, 7) is 0.258. The number of nitrogens with one attached hydrogen (secondary N) is 1. The van der Waals surface area contributed by atoms with Crippen molar-refractivity contribution in [1.82, 2.24) is 10.3 Å². The summed E-state index contributed by atoms with van der Waals surface area (Å²) in [4.78, 5) is 16.4. The number of pyridine rings is 1. The summed E-state index contributed by atoms with van der Waals surface area (Å²) in [5.41, 5.74) is 3.76. The predicted octanol–water partition coefficient (Wildman–Crippen LogP) is 5.84. The molecule has 1 amide bonds. The number of aromatic nitrogens is 1. The van der Waals surface area contributed by atoms with Crippen molar-refractivity contribution in [3.63, 3.8) is 0 Å². The quantitative estimate of drug-likeness (QED) is 0.572. The molecule has 0 spiro atoms. The van der Waals surface area contributed by atoms with Crippen LogP contribution in [0.3, 0.4) is 0 Å². The van der Waals surface area contributed by atoms with Gasteiger partial charge in [-0.15, -0.1) is 0 Å². The first-order valence-electron chi connectivity index (χ1n) is 8.98. The summed E-state index contributed by atoms with van der Waals surface area (Å²) >= 11 is 12.4. The molecule has 6 heteroatoms. The average Bonchev–Trinajstić information content (AvgIpc) is 3.48. The molecule has 2 atom stereocenters. The van der Waals surface area contributed by atoms with E-state index < -0.39 is 6.09 Å². The van der Waals surface area contributed by atoms with E-state index in [1.165, 1.54) is 0 Å². The maximum Gasteiger partial charge on any atom is 0.407 e. The molecule has 3 aromatic rings. The molecule has 1 heterocycles. The van der Waals surface area contributed by atoms with Crippen LogP contribution in [0.25, 0.3) is 11.1 Å². The number of carbonyl (C=O) groups excluding carboxylic acids is 1. The smallest absolute Gasteiger partial charge is 0.407 e. The van der Waals surface area contributed by atoms with Gasteiger partial charge in [0.05, 0.1) is 10.0 Å². The maximum atomic E-state index is 12.0. The van der Waals surface area contributed by atoms with Crippen LogP contribution in [-0.2, 0) is 11.3 Å². The van der Waals surface area contributed by atoms with Gasteiger partial charge in [0, 0.05) is 35.5 Å². The Labute approximate surface area is 173 Å². The minimum atomic E-state index is -0.404. The second-order valence-corrected chi connectivity index (χ2v) is 7.55. The Morgan fingerprint density at radius 1 is 1.11 bits per heavy atom. The van der Waals surface area contributed by atoms with E-state index in [-0.39, 0.29) is 18.6 Å². The molecule has 4 nitrogen and oxygen atoms in total. The molecule has 1 unspecified atom stereocenters. The first kappa shape index (κ1) is 18.8. The topological polar surface area (TPSA) is 51.2 Å². The zero-order valence-corrected chi connectivity index (χ0v) is 16.5. The second-order valence-electron chi connectivity index (χ2n) is 6.76. The van der Waals surface area contributed by atoms with Gasteiger partial charge in [0.1, 0.15) is 6.61 Å². The first-order valence-corrected chi connectivity index (χ1v) is 9.74. The number of amides is 1. The number of hydrogen-bond acceptors (Lipinski definition) is 3. The fourth-order valence-corrected chi connectivity index (χ4v) is 3.58. The molecule has 0 aliphatic heterocycles. The normalized spacial score (nSPS) is 17.8. The zero-order valence-electron chi connectivity index (χ0n) is 14.9. The lowest BCUT2D eigenvalue weighted by Crippen LogP contribution is -2.27. The maximum absolute atomic E-state index is 12.0. The van der Waals surface area contributed by atoms with Gasteiger partial charge in [-0.1, -0.05) is 65.7 Å². The summed E-state index contributed by atoms with van der Waals surface area (Å²) in [5.74, 6) is 0.217. The van der Waals surface area contributed by atoms with Crippen LogP contribution in [0.5, 0.6) is 0 Å². The summed E-state index contributed by atoms with van der Waals surface area (Å²) in [7, 11) is 0. The minimum absolute atomic E-state index is 0.0511. The molecule has 1 aromatic heterocycles. The van der Waals surface area contributed by atoms with Gasteiger partial charge in [-0.3, -0.25) is 4.98 Å². The van der Waals surface area contributed by atoms with Crippen molar-refractivity contribution in [2.45, 2.75) is 25.0 Å². The van der Waals surface area contributed by atoms with Crippen LogP contribution in [0.15, 0.2) is 67.0 Å². The molecule has 142 valence electrons. The Hall–Kier alpha value is -2.56. The molecular formula is C22H18Cl2N2O2. The van der Waals surface area contributed by atoms with Crippen molar-refractivity contribution in [3.05, 3.63) is 88.2 Å². The van der Waals surface area contributed by atoms with Crippen molar-refractivity contribution < 1.29 is 9.53 Å². The average molecular weight is 413 g/mol. The largest absolute Gasteiger partial charge is 0.445 e. The third-order valence-electron chi connectivity index (χ3n) is 4.76. The van der Waals surface area contributed by atoms with E-state index in [2.05, 4.69) is 10.3 Å². The van der Waals surface area contributed by atoms with Gasteiger partial charge >= 0.3 is 6.09 Å². The van der Waals surface area contributed by atoms with E-state index in [1.54, 1.807) is 12.3 Å². The Morgan fingerprint density at radius 2 is 1.93 bits per heavy atom. The fourth-order valence-electron chi connectivity index (χ4n) is 3.17. The molecular weight excluding hydrogens is 395 g/mol. The molecule has 2 aromatic carbocycles. The van der Waals surface area contributed by atoms with Gasteiger partial charge in [0.25, 0.3) is 0 Å². The fraction of sp³-hybridized carbons (Fsp3) is 0.182. The summed E-state index contributed by atoms with van der Waals surface area (Å²) < 4.78 is 5.29. The van der Waals surface area contributed by atoms with Gasteiger partial charge in [0.2, 0.25) is 0 Å². The first-order chi connectivity index (χ1) is 13.6. The molecule has 0 bridgehead atoms. The molecule has 0 saturated heterocycles. The van der Waals surface area contributed by atoms with Gasteiger partial charge in [-0.25, -0.2) is 4.79 Å². The molecule has 4 rings (SSSR count). The van der Waals surface area contributed by atoms with Crippen LogP contribution < -0.4 is 5.32 Å². The van der Waals surface area contributed by atoms with Crippen LogP contribution in [0.4, 0.5) is 4.79 Å². The number of ether oxygens (including phenoxy) is 1. The van der Waals surface area contributed by atoms with E-state index in [9.17, 15) is 4.79 Å². The van der Waals surface area contributed by atoms with Gasteiger partial charge in [-0.05, 0) is 29.7 Å². The lowest BCUT2D eigenvalue weighted by Gasteiger charge is -2.09. The SMILES string of the molecule is O=C(N[C@@H]1CC1c1cncc(-c2cccc(Cl)c2Cl)c1)OCc1ccccc1. The van der Waals surface area contributed by atoms with E-state index in [1.807, 2.05) is 54.7 Å². The molecule has 1 N–H and O–H groups in total. The molecule has 1 aliphatic carbocycles. The number of hydrogen-bond donors (Lipinski definition) is 1. The van der Waals surface area contributed by atoms with Gasteiger partial charge in [-0.2, -0.15) is 0 Å². The predicted molar refractivity (Wildman–Crippen MR) is 111 cm³/mol. The highest BCUT2D eigenvalue weighted by molar-refractivity contribution is 6.43. The number of carbonyl (C=O) groups is 1. The molecule has 1 fully saturated rings. The van der Waals surface area contributed by atoms with Crippen molar-refractivity contribution in [2.75, 3.05) is 0 Å². The number of nitrogens with zero attached hydrogens (tertiary/aromatic N) is 1. The van der Waals surface area contributed by atoms with Crippen LogP contribution in [0.1, 0.15) is 23.5 Å². The lowest BCUT2D eigenvalue weighted by molar-refractivity contribution is 0.139.